The van der Waals surface area contributed by atoms with E-state index in [9.17, 15) is 0 Å². The van der Waals surface area contributed by atoms with Crippen LogP contribution in [0.1, 0.15) is 43.4 Å². The van der Waals surface area contributed by atoms with Gasteiger partial charge in [-0.2, -0.15) is 5.10 Å². The molecule has 0 saturated heterocycles. The van der Waals surface area contributed by atoms with Crippen LogP contribution in [0.3, 0.4) is 0 Å². The van der Waals surface area contributed by atoms with E-state index in [0.29, 0.717) is 11.1 Å². The number of aromatic nitrogens is 3. The highest BCUT2D eigenvalue weighted by molar-refractivity contribution is 6.31. The lowest BCUT2D eigenvalue weighted by Gasteiger charge is -2.12. The maximum atomic E-state index is 6.24. The molecule has 2 aromatic rings. The second-order valence-electron chi connectivity index (χ2n) is 5.61. The summed E-state index contributed by atoms with van der Waals surface area (Å²) in [4.78, 5) is 4.68. The van der Waals surface area contributed by atoms with Crippen LogP contribution in [0.4, 0.5) is 0 Å². The Morgan fingerprint density at radius 2 is 2.00 bits per heavy atom. The molecule has 0 spiro atoms. The van der Waals surface area contributed by atoms with E-state index in [-0.39, 0.29) is 0 Å². The molecular weight excluding hydrogens is 284 g/mol. The van der Waals surface area contributed by atoms with Crippen LogP contribution in [-0.2, 0) is 13.0 Å². The third-order valence-electron chi connectivity index (χ3n) is 3.42. The van der Waals surface area contributed by atoms with Crippen molar-refractivity contribution in [2.75, 3.05) is 0 Å². The van der Waals surface area contributed by atoms with Gasteiger partial charge in [0.1, 0.15) is 0 Å². The van der Waals surface area contributed by atoms with E-state index in [1.54, 1.807) is 0 Å². The van der Waals surface area contributed by atoms with Crippen molar-refractivity contribution in [1.82, 2.24) is 20.1 Å². The van der Waals surface area contributed by atoms with E-state index in [2.05, 4.69) is 48.3 Å². The van der Waals surface area contributed by atoms with Gasteiger partial charge in [0.2, 0.25) is 0 Å². The Hall–Kier alpha value is -1.39. The first-order valence-corrected chi connectivity index (χ1v) is 7.75. The minimum absolute atomic E-state index is 0.454. The van der Waals surface area contributed by atoms with Crippen LogP contribution in [-0.4, -0.2) is 20.8 Å². The first-order chi connectivity index (χ1) is 9.92. The second kappa shape index (κ2) is 6.58. The molecule has 4 nitrogen and oxygen atoms in total. The van der Waals surface area contributed by atoms with E-state index in [1.807, 2.05) is 18.5 Å². The topological polar surface area (TPSA) is 42.7 Å². The van der Waals surface area contributed by atoms with E-state index in [0.717, 1.165) is 35.9 Å². The monoisotopic (exact) mass is 306 g/mol. The van der Waals surface area contributed by atoms with Gasteiger partial charge in [-0.05, 0) is 38.0 Å². The molecule has 0 fully saturated rings. The lowest BCUT2D eigenvalue weighted by atomic mass is 10.2. The van der Waals surface area contributed by atoms with Crippen molar-refractivity contribution in [3.8, 4) is 5.82 Å². The fourth-order valence-electron chi connectivity index (χ4n) is 2.19. The lowest BCUT2D eigenvalue weighted by molar-refractivity contribution is 0.587. The van der Waals surface area contributed by atoms with Crippen LogP contribution >= 0.6 is 11.6 Å². The number of pyridine rings is 1. The highest BCUT2D eigenvalue weighted by atomic mass is 35.5. The average molecular weight is 307 g/mol. The second-order valence-corrected chi connectivity index (χ2v) is 5.99. The van der Waals surface area contributed by atoms with E-state index < -0.39 is 0 Å². The van der Waals surface area contributed by atoms with Crippen molar-refractivity contribution in [3.63, 3.8) is 0 Å². The summed E-state index contributed by atoms with van der Waals surface area (Å²) in [6.07, 6.45) is 0.898. The Balaban J connectivity index is 2.42. The van der Waals surface area contributed by atoms with E-state index >= 15 is 0 Å². The Morgan fingerprint density at radius 1 is 1.29 bits per heavy atom. The van der Waals surface area contributed by atoms with Gasteiger partial charge in [-0.3, -0.25) is 0 Å². The first kappa shape index (κ1) is 16.0. The highest BCUT2D eigenvalue weighted by Crippen LogP contribution is 2.22. The predicted molar refractivity (Wildman–Crippen MR) is 87.2 cm³/mol. The third kappa shape index (κ3) is 3.63. The van der Waals surface area contributed by atoms with Gasteiger partial charge in [-0.15, -0.1) is 0 Å². The van der Waals surface area contributed by atoms with Gasteiger partial charge in [-0.1, -0.05) is 32.4 Å². The molecule has 0 aliphatic heterocycles. The summed E-state index contributed by atoms with van der Waals surface area (Å²) in [5, 5.41) is 8.64. The minimum Gasteiger partial charge on any atom is -0.310 e. The number of hydrogen-bond acceptors (Lipinski definition) is 3. The summed E-state index contributed by atoms with van der Waals surface area (Å²) in [7, 11) is 0. The maximum absolute atomic E-state index is 6.24. The smallest absolute Gasteiger partial charge is 0.154 e. The molecule has 0 unspecified atom stereocenters. The predicted octanol–water partition coefficient (Wildman–Crippen LogP) is 3.60. The zero-order chi connectivity index (χ0) is 15.6. The molecule has 0 atom stereocenters. The standard InChI is InChI=1S/C16H23ClN4/c1-6-14-7-13(9-18-10(2)3)8-15(19-14)21-12(5)16(17)11(4)20-21/h7-8,10,18H,6,9H2,1-5H3. The Morgan fingerprint density at radius 3 is 2.52 bits per heavy atom. The molecule has 2 rings (SSSR count). The average Bonchev–Trinajstić information content (AvgIpc) is 2.72. The van der Waals surface area contributed by atoms with E-state index in [4.69, 9.17) is 11.6 Å². The number of rotatable bonds is 5. The van der Waals surface area contributed by atoms with Crippen LogP contribution in [0.15, 0.2) is 12.1 Å². The fourth-order valence-corrected chi connectivity index (χ4v) is 2.31. The molecule has 5 heteroatoms. The van der Waals surface area contributed by atoms with E-state index in [1.165, 1.54) is 5.56 Å². The van der Waals surface area contributed by atoms with Crippen LogP contribution in [0, 0.1) is 13.8 Å². The number of aryl methyl sites for hydroxylation is 2. The van der Waals surface area contributed by atoms with Crippen molar-refractivity contribution >= 4 is 11.6 Å². The molecule has 0 amide bonds. The Bertz CT molecular complexity index is 631. The molecule has 0 radical (unpaired) electrons. The zero-order valence-corrected chi connectivity index (χ0v) is 14.1. The molecule has 0 aliphatic rings. The van der Waals surface area contributed by atoms with Gasteiger partial charge in [0, 0.05) is 18.3 Å². The van der Waals surface area contributed by atoms with Crippen LogP contribution < -0.4 is 5.32 Å². The Labute approximate surface area is 131 Å². The van der Waals surface area contributed by atoms with Gasteiger partial charge in [0.25, 0.3) is 0 Å². The van der Waals surface area contributed by atoms with Crippen molar-refractivity contribution in [2.45, 2.75) is 53.6 Å². The quantitative estimate of drug-likeness (QED) is 0.918. The number of hydrogen-bond donors (Lipinski definition) is 1. The summed E-state index contributed by atoms with van der Waals surface area (Å²) >= 11 is 6.24. The molecule has 21 heavy (non-hydrogen) atoms. The fraction of sp³-hybridized carbons (Fsp3) is 0.500. The van der Waals surface area contributed by atoms with Crippen LogP contribution in [0.25, 0.3) is 5.82 Å². The summed E-state index contributed by atoms with van der Waals surface area (Å²) in [6, 6.07) is 4.67. The van der Waals surface area contributed by atoms with Gasteiger partial charge in [-0.25, -0.2) is 9.67 Å². The van der Waals surface area contributed by atoms with Gasteiger partial charge in [0.15, 0.2) is 5.82 Å². The molecule has 0 aromatic carbocycles. The maximum Gasteiger partial charge on any atom is 0.154 e. The van der Waals surface area contributed by atoms with Crippen molar-refractivity contribution < 1.29 is 0 Å². The van der Waals surface area contributed by atoms with Crippen LogP contribution in [0.2, 0.25) is 5.02 Å². The molecule has 0 saturated carbocycles. The van der Waals surface area contributed by atoms with Gasteiger partial charge in [0.05, 0.1) is 16.4 Å². The zero-order valence-electron chi connectivity index (χ0n) is 13.4. The molecule has 114 valence electrons. The molecule has 0 aliphatic carbocycles. The minimum atomic E-state index is 0.454. The SMILES string of the molecule is CCc1cc(CNC(C)C)cc(-n2nc(C)c(Cl)c2C)n1. The lowest BCUT2D eigenvalue weighted by Crippen LogP contribution is -2.22. The van der Waals surface area contributed by atoms with Crippen LogP contribution in [0.5, 0.6) is 0 Å². The summed E-state index contributed by atoms with van der Waals surface area (Å²) in [6.45, 7) is 11.1. The number of nitrogens with zero attached hydrogens (tertiary/aromatic N) is 3. The highest BCUT2D eigenvalue weighted by Gasteiger charge is 2.13. The molecule has 2 heterocycles. The summed E-state index contributed by atoms with van der Waals surface area (Å²) in [5.74, 6) is 0.836. The molecule has 1 N–H and O–H groups in total. The van der Waals surface area contributed by atoms with Gasteiger partial charge < -0.3 is 5.32 Å². The van der Waals surface area contributed by atoms with Crippen molar-refractivity contribution in [2.24, 2.45) is 0 Å². The Kier molecular flexibility index (Phi) is 5.01. The number of nitrogens with one attached hydrogen (secondary N) is 1. The molecular formula is C16H23ClN4. The van der Waals surface area contributed by atoms with Crippen molar-refractivity contribution in [3.05, 3.63) is 39.8 Å². The third-order valence-corrected chi connectivity index (χ3v) is 3.97. The first-order valence-electron chi connectivity index (χ1n) is 7.37. The summed E-state index contributed by atoms with van der Waals surface area (Å²) in [5.41, 5.74) is 4.04. The van der Waals surface area contributed by atoms with Gasteiger partial charge >= 0.3 is 0 Å². The molecule has 0 bridgehead atoms. The number of halogens is 1. The normalized spacial score (nSPS) is 11.4. The molecule has 2 aromatic heterocycles. The van der Waals surface area contributed by atoms with Crippen molar-refractivity contribution in [1.29, 1.82) is 0 Å². The summed E-state index contributed by atoms with van der Waals surface area (Å²) < 4.78 is 1.83. The largest absolute Gasteiger partial charge is 0.310 e.